The molecule has 0 aliphatic rings. The van der Waals surface area contributed by atoms with Crippen LogP contribution in [0.5, 0.6) is 23.0 Å². The molecule has 1 aromatic heterocycles. The Balaban J connectivity index is 1.81. The standard InChI is InChI=1S/C26H25N3O5S/c1-16-6-8-17(9-7-16)15-27-29(26-28-20-11-10-19(31-2)14-23(20)35-26)25(30)18-12-21(32-3)24(34-5)22(13-18)33-4/h6-15H,1-5H3/b27-15+. The Labute approximate surface area is 207 Å². The number of carbonyl (C=O) groups excluding carboxylic acids is 1. The molecule has 0 saturated carbocycles. The van der Waals surface area contributed by atoms with E-state index in [1.165, 1.54) is 37.7 Å². The monoisotopic (exact) mass is 491 g/mol. The molecule has 1 heterocycles. The highest BCUT2D eigenvalue weighted by Crippen LogP contribution is 2.39. The maximum atomic E-state index is 13.8. The molecule has 4 rings (SSSR count). The SMILES string of the molecule is COc1ccc2nc(N(/N=C/c3ccc(C)cc3)C(=O)c3cc(OC)c(OC)c(OC)c3)sc2c1. The van der Waals surface area contributed by atoms with Gasteiger partial charge < -0.3 is 18.9 Å². The number of thiazole rings is 1. The number of nitrogens with zero attached hydrogens (tertiary/aromatic N) is 3. The van der Waals surface area contributed by atoms with E-state index in [0.29, 0.717) is 33.7 Å². The summed E-state index contributed by atoms with van der Waals surface area (Å²) in [6.45, 7) is 2.01. The number of rotatable bonds is 8. The van der Waals surface area contributed by atoms with E-state index >= 15 is 0 Å². The van der Waals surface area contributed by atoms with E-state index in [1.807, 2.05) is 49.4 Å². The number of aryl methyl sites for hydroxylation is 1. The molecule has 0 atom stereocenters. The highest BCUT2D eigenvalue weighted by atomic mass is 32.1. The minimum atomic E-state index is -0.404. The number of fused-ring (bicyclic) bond motifs is 1. The Morgan fingerprint density at radius 1 is 0.914 bits per heavy atom. The average Bonchev–Trinajstić information content (AvgIpc) is 3.31. The highest BCUT2D eigenvalue weighted by molar-refractivity contribution is 7.22. The smallest absolute Gasteiger partial charge is 0.281 e. The summed E-state index contributed by atoms with van der Waals surface area (Å²) >= 11 is 1.34. The number of aromatic nitrogens is 1. The molecule has 180 valence electrons. The van der Waals surface area contributed by atoms with E-state index in [2.05, 4.69) is 10.1 Å². The summed E-state index contributed by atoms with van der Waals surface area (Å²) in [5, 5.41) is 6.21. The largest absolute Gasteiger partial charge is 0.497 e. The minimum absolute atomic E-state index is 0.303. The van der Waals surface area contributed by atoms with Gasteiger partial charge in [-0.15, -0.1) is 0 Å². The van der Waals surface area contributed by atoms with Crippen LogP contribution in [0.4, 0.5) is 5.13 Å². The minimum Gasteiger partial charge on any atom is -0.497 e. The van der Waals surface area contributed by atoms with Gasteiger partial charge in [0.2, 0.25) is 10.9 Å². The first kappa shape index (κ1) is 24.0. The molecule has 9 heteroatoms. The normalized spacial score (nSPS) is 11.0. The molecule has 0 bridgehead atoms. The Hall–Kier alpha value is -4.11. The summed E-state index contributed by atoms with van der Waals surface area (Å²) in [6, 6.07) is 16.6. The topological polar surface area (TPSA) is 82.5 Å². The van der Waals surface area contributed by atoms with Gasteiger partial charge in [-0.05, 0) is 42.8 Å². The number of hydrogen-bond donors (Lipinski definition) is 0. The van der Waals surface area contributed by atoms with E-state index in [1.54, 1.807) is 25.5 Å². The van der Waals surface area contributed by atoms with Gasteiger partial charge in [-0.3, -0.25) is 4.79 Å². The molecule has 0 aliphatic carbocycles. The number of carbonyl (C=O) groups is 1. The fourth-order valence-electron chi connectivity index (χ4n) is 3.40. The van der Waals surface area contributed by atoms with Crippen LogP contribution in [-0.2, 0) is 0 Å². The van der Waals surface area contributed by atoms with Crippen molar-refractivity contribution in [2.24, 2.45) is 5.10 Å². The fraction of sp³-hybridized carbons (Fsp3) is 0.192. The van der Waals surface area contributed by atoms with Crippen LogP contribution >= 0.6 is 11.3 Å². The Bertz CT molecular complexity index is 1360. The van der Waals surface area contributed by atoms with Crippen LogP contribution in [0.2, 0.25) is 0 Å². The first-order chi connectivity index (χ1) is 17.0. The lowest BCUT2D eigenvalue weighted by Crippen LogP contribution is -2.25. The number of ether oxygens (including phenoxy) is 4. The van der Waals surface area contributed by atoms with Gasteiger partial charge in [0.1, 0.15) is 5.75 Å². The lowest BCUT2D eigenvalue weighted by molar-refractivity contribution is 0.0987. The van der Waals surface area contributed by atoms with E-state index in [0.717, 1.165) is 21.3 Å². The quantitative estimate of drug-likeness (QED) is 0.245. The van der Waals surface area contributed by atoms with Crippen molar-refractivity contribution in [3.63, 3.8) is 0 Å². The maximum absolute atomic E-state index is 13.8. The Kier molecular flexibility index (Phi) is 7.17. The van der Waals surface area contributed by atoms with Crippen LogP contribution < -0.4 is 24.0 Å². The molecule has 8 nitrogen and oxygen atoms in total. The van der Waals surface area contributed by atoms with Gasteiger partial charge in [-0.25, -0.2) is 4.98 Å². The number of benzene rings is 3. The highest BCUT2D eigenvalue weighted by Gasteiger charge is 2.24. The first-order valence-corrected chi connectivity index (χ1v) is 11.5. The molecule has 0 saturated heterocycles. The third-order valence-corrected chi connectivity index (χ3v) is 6.26. The third kappa shape index (κ3) is 5.04. The fourth-order valence-corrected chi connectivity index (χ4v) is 4.35. The Morgan fingerprint density at radius 3 is 2.20 bits per heavy atom. The van der Waals surface area contributed by atoms with Crippen LogP contribution in [0.25, 0.3) is 10.2 Å². The van der Waals surface area contributed by atoms with E-state index in [9.17, 15) is 4.79 Å². The van der Waals surface area contributed by atoms with Crippen molar-refractivity contribution in [2.75, 3.05) is 33.4 Å². The number of hydrazone groups is 1. The molecule has 0 aliphatic heterocycles. The van der Waals surface area contributed by atoms with E-state index in [4.69, 9.17) is 18.9 Å². The van der Waals surface area contributed by atoms with Crippen molar-refractivity contribution in [2.45, 2.75) is 6.92 Å². The predicted molar refractivity (Wildman–Crippen MR) is 138 cm³/mol. The molecule has 0 spiro atoms. The van der Waals surface area contributed by atoms with E-state index in [-0.39, 0.29) is 0 Å². The van der Waals surface area contributed by atoms with Crippen LogP contribution in [0, 0.1) is 6.92 Å². The third-order valence-electron chi connectivity index (χ3n) is 5.27. The molecule has 1 amide bonds. The van der Waals surface area contributed by atoms with Crippen molar-refractivity contribution >= 4 is 38.8 Å². The number of anilines is 1. The molecule has 0 fully saturated rings. The summed E-state index contributed by atoms with van der Waals surface area (Å²) in [5.74, 6) is 1.43. The van der Waals surface area contributed by atoms with Crippen molar-refractivity contribution in [1.29, 1.82) is 0 Å². The zero-order valence-corrected chi connectivity index (χ0v) is 20.9. The number of methoxy groups -OCH3 is 4. The van der Waals surface area contributed by atoms with Gasteiger partial charge in [0.05, 0.1) is 44.9 Å². The van der Waals surface area contributed by atoms with Crippen LogP contribution in [0.1, 0.15) is 21.5 Å². The molecule has 4 aromatic rings. The van der Waals surface area contributed by atoms with E-state index < -0.39 is 5.91 Å². The summed E-state index contributed by atoms with van der Waals surface area (Å²) in [7, 11) is 6.12. The molecule has 0 unspecified atom stereocenters. The molecule has 0 N–H and O–H groups in total. The van der Waals surface area contributed by atoms with Gasteiger partial charge in [0.15, 0.2) is 11.5 Å². The van der Waals surface area contributed by atoms with Crippen molar-refractivity contribution in [3.05, 3.63) is 71.3 Å². The second-order valence-corrected chi connectivity index (χ2v) is 8.53. The summed E-state index contributed by atoms with van der Waals surface area (Å²) in [5.41, 5.74) is 3.02. The summed E-state index contributed by atoms with van der Waals surface area (Å²) in [6.07, 6.45) is 1.63. The molecule has 0 radical (unpaired) electrons. The summed E-state index contributed by atoms with van der Waals surface area (Å²) < 4.78 is 22.4. The second kappa shape index (κ2) is 10.4. The van der Waals surface area contributed by atoms with Crippen LogP contribution in [0.3, 0.4) is 0 Å². The molecule has 35 heavy (non-hydrogen) atoms. The summed E-state index contributed by atoms with van der Waals surface area (Å²) in [4.78, 5) is 18.4. The molecular weight excluding hydrogens is 466 g/mol. The molecular formula is C26H25N3O5S. The van der Waals surface area contributed by atoms with Crippen molar-refractivity contribution in [1.82, 2.24) is 4.98 Å². The second-order valence-electron chi connectivity index (χ2n) is 7.52. The van der Waals surface area contributed by atoms with Crippen LogP contribution in [-0.4, -0.2) is 45.5 Å². The molecule has 3 aromatic carbocycles. The number of hydrogen-bond acceptors (Lipinski definition) is 8. The van der Waals surface area contributed by atoms with Gasteiger partial charge >= 0.3 is 0 Å². The van der Waals surface area contributed by atoms with Crippen molar-refractivity contribution < 1.29 is 23.7 Å². The van der Waals surface area contributed by atoms with Crippen LogP contribution in [0.15, 0.2) is 59.7 Å². The van der Waals surface area contributed by atoms with Gasteiger partial charge in [-0.1, -0.05) is 41.2 Å². The lowest BCUT2D eigenvalue weighted by atomic mass is 10.1. The van der Waals surface area contributed by atoms with Gasteiger partial charge in [0.25, 0.3) is 5.91 Å². The van der Waals surface area contributed by atoms with Crippen molar-refractivity contribution in [3.8, 4) is 23.0 Å². The Morgan fingerprint density at radius 2 is 1.60 bits per heavy atom. The maximum Gasteiger partial charge on any atom is 0.281 e. The zero-order valence-electron chi connectivity index (χ0n) is 20.1. The zero-order chi connectivity index (χ0) is 24.9. The lowest BCUT2D eigenvalue weighted by Gasteiger charge is -2.17. The van der Waals surface area contributed by atoms with Gasteiger partial charge in [0, 0.05) is 5.56 Å². The predicted octanol–water partition coefficient (Wildman–Crippen LogP) is 5.32. The first-order valence-electron chi connectivity index (χ1n) is 10.7. The number of amides is 1. The average molecular weight is 492 g/mol. The van der Waals surface area contributed by atoms with Gasteiger partial charge in [-0.2, -0.15) is 10.1 Å².